The summed E-state index contributed by atoms with van der Waals surface area (Å²) in [4.78, 5) is 20.3. The van der Waals surface area contributed by atoms with Crippen molar-refractivity contribution < 1.29 is 4.79 Å². The molecule has 2 aromatic heterocycles. The second-order valence-corrected chi connectivity index (χ2v) is 5.36. The minimum absolute atomic E-state index is 0.132. The number of carbonyl (C=O) groups is 1. The predicted octanol–water partition coefficient (Wildman–Crippen LogP) is 1.27. The molecule has 0 unspecified atom stereocenters. The third kappa shape index (κ3) is 5.13. The Labute approximate surface area is 127 Å². The van der Waals surface area contributed by atoms with Crippen LogP contribution in [0.3, 0.4) is 0 Å². The molecule has 0 aromatic carbocycles. The highest BCUT2D eigenvalue weighted by molar-refractivity contribution is 7.09. The first-order valence-corrected chi connectivity index (χ1v) is 7.75. The quantitative estimate of drug-likeness (QED) is 0.639. The zero-order valence-corrected chi connectivity index (χ0v) is 12.5. The summed E-state index contributed by atoms with van der Waals surface area (Å²) in [7, 11) is 0. The molecular weight excluding hydrogens is 286 g/mol. The first-order valence-electron chi connectivity index (χ1n) is 6.87. The lowest BCUT2D eigenvalue weighted by Crippen LogP contribution is -2.26. The van der Waals surface area contributed by atoms with E-state index < -0.39 is 0 Å². The van der Waals surface area contributed by atoms with Crippen LogP contribution in [0.5, 0.6) is 0 Å². The molecule has 0 bridgehead atoms. The van der Waals surface area contributed by atoms with Crippen LogP contribution in [0.2, 0.25) is 0 Å². The molecular formula is C14H19N5OS. The van der Waals surface area contributed by atoms with E-state index in [0.29, 0.717) is 25.2 Å². The van der Waals surface area contributed by atoms with Crippen LogP contribution in [0.25, 0.3) is 0 Å². The van der Waals surface area contributed by atoms with Gasteiger partial charge in [-0.2, -0.15) is 0 Å². The lowest BCUT2D eigenvalue weighted by atomic mass is 10.3. The van der Waals surface area contributed by atoms with E-state index in [4.69, 9.17) is 5.73 Å². The number of hydrogen-bond acceptors (Lipinski definition) is 6. The zero-order valence-electron chi connectivity index (χ0n) is 11.7. The zero-order chi connectivity index (χ0) is 14.9. The van der Waals surface area contributed by atoms with Crippen LogP contribution >= 0.6 is 11.3 Å². The van der Waals surface area contributed by atoms with Gasteiger partial charge in [-0.1, -0.05) is 6.07 Å². The van der Waals surface area contributed by atoms with Crippen LogP contribution in [0.1, 0.15) is 21.9 Å². The summed E-state index contributed by atoms with van der Waals surface area (Å²) in [5.41, 5.74) is 5.93. The maximum atomic E-state index is 11.9. The molecule has 0 spiro atoms. The van der Waals surface area contributed by atoms with E-state index in [-0.39, 0.29) is 5.91 Å². The number of rotatable bonds is 8. The lowest BCUT2D eigenvalue weighted by Gasteiger charge is -2.05. The van der Waals surface area contributed by atoms with Gasteiger partial charge in [0, 0.05) is 31.1 Å². The lowest BCUT2D eigenvalue weighted by molar-refractivity contribution is 0.0949. The summed E-state index contributed by atoms with van der Waals surface area (Å²) in [6.07, 6.45) is 3.28. The molecule has 0 atom stereocenters. The van der Waals surface area contributed by atoms with Crippen molar-refractivity contribution in [3.63, 3.8) is 0 Å². The van der Waals surface area contributed by atoms with Gasteiger partial charge in [0.25, 0.3) is 5.91 Å². The monoisotopic (exact) mass is 305 g/mol. The molecule has 2 aromatic rings. The van der Waals surface area contributed by atoms with E-state index in [0.717, 1.165) is 23.8 Å². The van der Waals surface area contributed by atoms with Gasteiger partial charge in [0.15, 0.2) is 0 Å². The van der Waals surface area contributed by atoms with Crippen molar-refractivity contribution in [2.45, 2.75) is 12.8 Å². The van der Waals surface area contributed by atoms with Crippen molar-refractivity contribution in [2.24, 2.45) is 5.73 Å². The molecule has 4 N–H and O–H groups in total. The molecule has 112 valence electrons. The van der Waals surface area contributed by atoms with Gasteiger partial charge < -0.3 is 16.4 Å². The molecule has 21 heavy (non-hydrogen) atoms. The number of aromatic nitrogens is 2. The Balaban J connectivity index is 1.64. The molecule has 2 rings (SSSR count). The van der Waals surface area contributed by atoms with Crippen molar-refractivity contribution in [1.29, 1.82) is 0 Å². The molecule has 0 aliphatic rings. The van der Waals surface area contributed by atoms with Crippen molar-refractivity contribution >= 4 is 23.1 Å². The number of amides is 1. The highest BCUT2D eigenvalue weighted by Gasteiger charge is 2.09. The highest BCUT2D eigenvalue weighted by Crippen LogP contribution is 2.09. The summed E-state index contributed by atoms with van der Waals surface area (Å²) in [5.74, 6) is 0.710. The van der Waals surface area contributed by atoms with E-state index in [2.05, 4.69) is 20.6 Å². The fraction of sp³-hybridized carbons (Fsp3) is 0.357. The molecule has 1 amide bonds. The van der Waals surface area contributed by atoms with E-state index in [9.17, 15) is 4.79 Å². The van der Waals surface area contributed by atoms with Crippen LogP contribution < -0.4 is 16.4 Å². The summed E-state index contributed by atoms with van der Waals surface area (Å²) in [6, 6.07) is 5.71. The number of pyridine rings is 1. The molecule has 2 heterocycles. The van der Waals surface area contributed by atoms with E-state index in [1.165, 1.54) is 11.3 Å². The Morgan fingerprint density at radius 3 is 3.00 bits per heavy atom. The Morgan fingerprint density at radius 2 is 2.24 bits per heavy atom. The SMILES string of the molecule is NCCc1nc(C(=O)NCCCNc2ccccn2)cs1. The molecule has 0 aliphatic carbocycles. The fourth-order valence-electron chi connectivity index (χ4n) is 1.72. The summed E-state index contributed by atoms with van der Waals surface area (Å²) in [6.45, 7) is 1.91. The number of thiazole rings is 1. The number of anilines is 1. The van der Waals surface area contributed by atoms with Crippen LogP contribution in [-0.2, 0) is 6.42 Å². The first-order chi connectivity index (χ1) is 10.3. The second-order valence-electron chi connectivity index (χ2n) is 4.42. The summed E-state index contributed by atoms with van der Waals surface area (Å²) >= 11 is 1.47. The Kier molecular flexibility index (Phi) is 6.11. The number of nitrogens with one attached hydrogen (secondary N) is 2. The van der Waals surface area contributed by atoms with Crippen molar-refractivity contribution in [2.75, 3.05) is 25.0 Å². The van der Waals surface area contributed by atoms with Crippen LogP contribution in [0.15, 0.2) is 29.8 Å². The normalized spacial score (nSPS) is 10.3. The molecule has 7 heteroatoms. The van der Waals surface area contributed by atoms with E-state index in [1.807, 2.05) is 18.2 Å². The maximum Gasteiger partial charge on any atom is 0.270 e. The minimum atomic E-state index is -0.132. The van der Waals surface area contributed by atoms with Gasteiger partial charge in [-0.3, -0.25) is 4.79 Å². The Morgan fingerprint density at radius 1 is 1.33 bits per heavy atom. The van der Waals surface area contributed by atoms with Crippen molar-refractivity contribution in [3.8, 4) is 0 Å². The smallest absolute Gasteiger partial charge is 0.270 e. The van der Waals surface area contributed by atoms with Crippen molar-refractivity contribution in [3.05, 3.63) is 40.5 Å². The van der Waals surface area contributed by atoms with Gasteiger partial charge in [0.1, 0.15) is 11.5 Å². The maximum absolute atomic E-state index is 11.9. The predicted molar refractivity (Wildman–Crippen MR) is 84.5 cm³/mol. The van der Waals surface area contributed by atoms with Crippen molar-refractivity contribution in [1.82, 2.24) is 15.3 Å². The molecule has 0 fully saturated rings. The average molecular weight is 305 g/mol. The van der Waals surface area contributed by atoms with Crippen LogP contribution in [0.4, 0.5) is 5.82 Å². The second kappa shape index (κ2) is 8.33. The molecule has 0 saturated carbocycles. The highest BCUT2D eigenvalue weighted by atomic mass is 32.1. The first kappa shape index (κ1) is 15.4. The third-order valence-electron chi connectivity index (χ3n) is 2.75. The molecule has 0 saturated heterocycles. The topological polar surface area (TPSA) is 92.9 Å². The number of hydrogen-bond donors (Lipinski definition) is 3. The summed E-state index contributed by atoms with van der Waals surface area (Å²) in [5, 5.41) is 8.72. The van der Waals surface area contributed by atoms with Gasteiger partial charge in [-0.05, 0) is 25.1 Å². The standard InChI is InChI=1S/C14H19N5OS/c15-6-5-13-19-11(10-21-13)14(20)18-9-3-8-17-12-4-1-2-7-16-12/h1-2,4,7,10H,3,5-6,8-9,15H2,(H,16,17)(H,18,20). The van der Waals surface area contributed by atoms with Crippen LogP contribution in [-0.4, -0.2) is 35.5 Å². The van der Waals surface area contributed by atoms with Gasteiger partial charge in [-0.15, -0.1) is 11.3 Å². The number of carbonyl (C=O) groups excluding carboxylic acids is 1. The van der Waals surface area contributed by atoms with Crippen LogP contribution in [0, 0.1) is 0 Å². The summed E-state index contributed by atoms with van der Waals surface area (Å²) < 4.78 is 0. The van der Waals surface area contributed by atoms with Gasteiger partial charge in [-0.25, -0.2) is 9.97 Å². The molecule has 0 aliphatic heterocycles. The number of nitrogens with two attached hydrogens (primary N) is 1. The fourth-order valence-corrected chi connectivity index (χ4v) is 2.51. The van der Waals surface area contributed by atoms with E-state index >= 15 is 0 Å². The van der Waals surface area contributed by atoms with Gasteiger partial charge in [0.05, 0.1) is 5.01 Å². The van der Waals surface area contributed by atoms with E-state index in [1.54, 1.807) is 11.6 Å². The van der Waals surface area contributed by atoms with Gasteiger partial charge in [0.2, 0.25) is 0 Å². The number of nitrogens with zero attached hydrogens (tertiary/aromatic N) is 2. The molecule has 0 radical (unpaired) electrons. The largest absolute Gasteiger partial charge is 0.370 e. The average Bonchev–Trinajstić information content (AvgIpc) is 2.97. The third-order valence-corrected chi connectivity index (χ3v) is 3.66. The molecule has 6 nitrogen and oxygen atoms in total. The van der Waals surface area contributed by atoms with Gasteiger partial charge >= 0.3 is 0 Å². The Bertz CT molecular complexity index is 558. The Hall–Kier alpha value is -1.99. The minimum Gasteiger partial charge on any atom is -0.370 e.